The molecule has 8 nitrogen and oxygen atoms in total. The van der Waals surface area contributed by atoms with Crippen LogP contribution < -0.4 is 10.1 Å². The number of fused-ring (bicyclic) bond motifs is 1. The average Bonchev–Trinajstić information content (AvgIpc) is 3.09. The lowest BCUT2D eigenvalue weighted by Crippen LogP contribution is -2.33. The fraction of sp³-hybridized carbons (Fsp3) is 0.286. The van der Waals surface area contributed by atoms with Gasteiger partial charge in [-0.2, -0.15) is 0 Å². The third-order valence-corrected chi connectivity index (χ3v) is 7.51. The maximum atomic E-state index is 15.1. The monoisotopic (exact) mass is 539 g/mol. The Morgan fingerprint density at radius 2 is 1.74 bits per heavy atom. The van der Waals surface area contributed by atoms with Gasteiger partial charge < -0.3 is 19.9 Å². The minimum atomic E-state index is -3.77. The Bertz CT molecular complexity index is 1490. The fourth-order valence-corrected chi connectivity index (χ4v) is 5.09. The first kappa shape index (κ1) is 27.1. The lowest BCUT2D eigenvalue weighted by atomic mass is 10.0. The lowest BCUT2D eigenvalue weighted by Gasteiger charge is -2.22. The highest BCUT2D eigenvalue weighted by Gasteiger charge is 2.27. The molecule has 0 fully saturated rings. The topological polar surface area (TPSA) is 96.0 Å². The molecule has 3 aromatic rings. The Balaban J connectivity index is 1.60. The molecule has 1 aliphatic rings. The second-order valence-corrected chi connectivity index (χ2v) is 11.3. The van der Waals surface area contributed by atoms with Crippen LogP contribution in [-0.2, 0) is 22.8 Å². The van der Waals surface area contributed by atoms with Crippen LogP contribution in [-0.4, -0.2) is 63.7 Å². The number of ether oxygens (including phenoxy) is 1. The van der Waals surface area contributed by atoms with E-state index in [1.165, 1.54) is 11.0 Å². The summed E-state index contributed by atoms with van der Waals surface area (Å²) in [7, 11) is -0.433. The summed E-state index contributed by atoms with van der Waals surface area (Å²) in [4.78, 5) is 28.0. The molecule has 0 spiro atoms. The van der Waals surface area contributed by atoms with E-state index in [0.29, 0.717) is 18.0 Å². The highest BCUT2D eigenvalue weighted by molar-refractivity contribution is 7.90. The van der Waals surface area contributed by atoms with Gasteiger partial charge >= 0.3 is 6.03 Å². The second kappa shape index (κ2) is 10.8. The maximum absolute atomic E-state index is 15.1. The number of carbonyl (C=O) groups excluding carboxylic acids is 2. The van der Waals surface area contributed by atoms with Gasteiger partial charge in [-0.3, -0.25) is 4.79 Å². The van der Waals surface area contributed by atoms with Gasteiger partial charge in [-0.15, -0.1) is 0 Å². The molecule has 0 bridgehead atoms. The van der Waals surface area contributed by atoms with Gasteiger partial charge in [0.1, 0.15) is 23.1 Å². The summed E-state index contributed by atoms with van der Waals surface area (Å²) in [5.41, 5.74) is 3.52. The van der Waals surface area contributed by atoms with Crippen molar-refractivity contribution in [3.05, 3.63) is 77.1 Å². The molecule has 0 aromatic heterocycles. The predicted molar refractivity (Wildman–Crippen MR) is 144 cm³/mol. The molecule has 0 atom stereocenters. The number of sulfone groups is 1. The van der Waals surface area contributed by atoms with Gasteiger partial charge in [-0.1, -0.05) is 25.1 Å². The van der Waals surface area contributed by atoms with Crippen LogP contribution in [0.2, 0.25) is 0 Å². The van der Waals surface area contributed by atoms with Crippen molar-refractivity contribution in [2.24, 2.45) is 0 Å². The summed E-state index contributed by atoms with van der Waals surface area (Å²) in [6, 6.07) is 15.5. The number of anilines is 1. The third-order valence-electron chi connectivity index (χ3n) is 6.39. The largest absolute Gasteiger partial charge is 0.491 e. The van der Waals surface area contributed by atoms with E-state index in [9.17, 15) is 18.0 Å². The zero-order valence-electron chi connectivity index (χ0n) is 21.7. The van der Waals surface area contributed by atoms with E-state index in [1.807, 2.05) is 42.5 Å². The molecule has 0 radical (unpaired) electrons. The van der Waals surface area contributed by atoms with Crippen LogP contribution >= 0.6 is 0 Å². The zero-order valence-corrected chi connectivity index (χ0v) is 22.6. The summed E-state index contributed by atoms with van der Waals surface area (Å²) in [5.74, 6) is -0.600. The first-order chi connectivity index (χ1) is 18.0. The van der Waals surface area contributed by atoms with Crippen molar-refractivity contribution < 1.29 is 27.1 Å². The van der Waals surface area contributed by atoms with Gasteiger partial charge in [0.25, 0.3) is 5.91 Å². The van der Waals surface area contributed by atoms with Crippen LogP contribution in [0, 0.1) is 5.82 Å². The zero-order chi connectivity index (χ0) is 27.6. The number of amides is 3. The number of nitrogens with zero attached hydrogens (tertiary/aromatic N) is 2. The summed E-state index contributed by atoms with van der Waals surface area (Å²) < 4.78 is 44.9. The number of urea groups is 1. The van der Waals surface area contributed by atoms with Gasteiger partial charge in [0.05, 0.1) is 6.54 Å². The Morgan fingerprint density at radius 1 is 1.05 bits per heavy atom. The normalized spacial score (nSPS) is 13.2. The van der Waals surface area contributed by atoms with Crippen molar-refractivity contribution >= 4 is 27.5 Å². The molecule has 3 aromatic carbocycles. The minimum Gasteiger partial charge on any atom is -0.491 e. The van der Waals surface area contributed by atoms with E-state index in [-0.39, 0.29) is 42.6 Å². The van der Waals surface area contributed by atoms with Crippen LogP contribution in [0.4, 0.5) is 14.9 Å². The Hall–Kier alpha value is -3.92. The smallest absolute Gasteiger partial charge is 0.321 e. The number of hydrogen-bond acceptors (Lipinski definition) is 5. The lowest BCUT2D eigenvalue weighted by molar-refractivity contribution is 0.0731. The first-order valence-electron chi connectivity index (χ1n) is 12.1. The van der Waals surface area contributed by atoms with Crippen LogP contribution in [0.5, 0.6) is 5.75 Å². The van der Waals surface area contributed by atoms with Crippen molar-refractivity contribution in [3.63, 3.8) is 0 Å². The molecule has 38 heavy (non-hydrogen) atoms. The fourth-order valence-electron chi connectivity index (χ4n) is 4.33. The molecule has 3 amide bonds. The highest BCUT2D eigenvalue weighted by atomic mass is 32.2. The molecule has 1 aliphatic heterocycles. The first-order valence-corrected chi connectivity index (χ1v) is 14.0. The average molecular weight is 540 g/mol. The third kappa shape index (κ3) is 5.65. The van der Waals surface area contributed by atoms with Gasteiger partial charge in [0, 0.05) is 49.3 Å². The molecule has 1 heterocycles. The van der Waals surface area contributed by atoms with Gasteiger partial charge in [-0.25, -0.2) is 17.6 Å². The number of hydrogen-bond donors (Lipinski definition) is 1. The second-order valence-electron chi connectivity index (χ2n) is 9.33. The molecule has 200 valence electrons. The number of nitrogens with one attached hydrogen (secondary N) is 1. The molecule has 0 saturated carbocycles. The highest BCUT2D eigenvalue weighted by Crippen LogP contribution is 2.31. The predicted octanol–water partition coefficient (Wildman–Crippen LogP) is 4.59. The van der Waals surface area contributed by atoms with Gasteiger partial charge in [0.2, 0.25) is 0 Å². The van der Waals surface area contributed by atoms with Crippen LogP contribution in [0.1, 0.15) is 28.4 Å². The molecular formula is C28H30FN3O5S. The van der Waals surface area contributed by atoms with Crippen molar-refractivity contribution in [2.45, 2.75) is 24.8 Å². The Kier molecular flexibility index (Phi) is 7.73. The van der Waals surface area contributed by atoms with Crippen molar-refractivity contribution in [3.8, 4) is 16.9 Å². The number of carbonyl (C=O) groups is 2. The van der Waals surface area contributed by atoms with Crippen LogP contribution in [0.25, 0.3) is 11.1 Å². The Labute approximate surface area is 221 Å². The van der Waals surface area contributed by atoms with E-state index in [0.717, 1.165) is 29.0 Å². The summed E-state index contributed by atoms with van der Waals surface area (Å²) >= 11 is 0. The van der Waals surface area contributed by atoms with E-state index in [4.69, 9.17) is 4.74 Å². The van der Waals surface area contributed by atoms with E-state index in [1.54, 1.807) is 25.9 Å². The molecule has 10 heteroatoms. The van der Waals surface area contributed by atoms with Crippen LogP contribution in [0.3, 0.4) is 0 Å². The molecule has 0 unspecified atom stereocenters. The summed E-state index contributed by atoms with van der Waals surface area (Å²) in [6.07, 6.45) is 1.12. The van der Waals surface area contributed by atoms with Crippen LogP contribution in [0.15, 0.2) is 59.5 Å². The van der Waals surface area contributed by atoms with Crippen molar-refractivity contribution in [1.29, 1.82) is 0 Å². The Morgan fingerprint density at radius 3 is 2.37 bits per heavy atom. The maximum Gasteiger partial charge on any atom is 0.321 e. The quantitative estimate of drug-likeness (QED) is 0.512. The SMILES string of the molecule is CCc1c(C(=O)N2CCOc3ccc(-c4ccc(NC(=O)N(C)C)cc4)cc3C2)ccc(S(C)(=O)=O)c1F. The van der Waals surface area contributed by atoms with Crippen molar-refractivity contribution in [1.82, 2.24) is 9.80 Å². The molecular weight excluding hydrogens is 509 g/mol. The number of benzene rings is 3. The number of rotatable bonds is 5. The minimum absolute atomic E-state index is 0.0820. The van der Waals surface area contributed by atoms with Gasteiger partial charge in [-0.05, 0) is 53.9 Å². The van der Waals surface area contributed by atoms with Crippen molar-refractivity contribution in [2.75, 3.05) is 38.8 Å². The molecule has 4 rings (SSSR count). The van der Waals surface area contributed by atoms with E-state index in [2.05, 4.69) is 5.32 Å². The molecule has 1 N–H and O–H groups in total. The standard InChI is InChI=1S/C28H30FN3O5S/c1-5-22-23(11-13-25(26(22)29)38(4,35)36)27(33)32-14-15-37-24-12-8-19(16-20(24)17-32)18-6-9-21(10-7-18)30-28(34)31(2)3/h6-13,16H,5,14-15,17H2,1-4H3,(H,30,34). The van der Waals surface area contributed by atoms with Gasteiger partial charge in [0.15, 0.2) is 9.84 Å². The molecule has 0 saturated heterocycles. The summed E-state index contributed by atoms with van der Waals surface area (Å²) in [5, 5.41) is 2.80. The molecule has 0 aliphatic carbocycles. The summed E-state index contributed by atoms with van der Waals surface area (Å²) in [6.45, 7) is 2.49. The van der Waals surface area contributed by atoms with E-state index >= 15 is 4.39 Å². The van der Waals surface area contributed by atoms with E-state index < -0.39 is 20.5 Å². The number of halogens is 1.